The number of rotatable bonds is 2. The van der Waals surface area contributed by atoms with E-state index in [-0.39, 0.29) is 5.78 Å². The van der Waals surface area contributed by atoms with Gasteiger partial charge in [0.2, 0.25) is 0 Å². The molecule has 3 heteroatoms. The Morgan fingerprint density at radius 2 is 2.17 bits per heavy atom. The highest BCUT2D eigenvalue weighted by Gasteiger charge is 2.04. The molecule has 0 radical (unpaired) electrons. The largest absolute Gasteiger partial charge is 0.294 e. The molecule has 0 saturated carbocycles. The van der Waals surface area contributed by atoms with E-state index in [1.165, 1.54) is 0 Å². The Bertz CT molecular complexity index is 289. The Labute approximate surface area is 82.1 Å². The van der Waals surface area contributed by atoms with Gasteiger partial charge in [-0.05, 0) is 18.2 Å². The Morgan fingerprint density at radius 1 is 1.50 bits per heavy atom. The Balaban J connectivity index is 3.08. The Kier molecular flexibility index (Phi) is 3.18. The first-order chi connectivity index (χ1) is 5.63. The molecule has 0 N–H and O–H groups in total. The smallest absolute Gasteiger partial charge is 0.162 e. The molecule has 0 fully saturated rings. The molecule has 0 bridgehead atoms. The Hall–Kier alpha value is -0.470. The van der Waals surface area contributed by atoms with Gasteiger partial charge in [0.05, 0.1) is 0 Å². The second-order valence-electron chi connectivity index (χ2n) is 2.47. The van der Waals surface area contributed by atoms with Crippen LogP contribution in [0.1, 0.15) is 23.7 Å². The van der Waals surface area contributed by atoms with Crippen LogP contribution in [0.15, 0.2) is 23.1 Å². The van der Waals surface area contributed by atoms with Crippen LogP contribution < -0.4 is 0 Å². The molecule has 1 nitrogen and oxygen atoms in total. The SMILES string of the molecule is CCC(=O)c1cc(S)cc(Cl)c1. The minimum absolute atomic E-state index is 0.0906. The highest BCUT2D eigenvalue weighted by Crippen LogP contribution is 2.18. The van der Waals surface area contributed by atoms with Crippen molar-refractivity contribution in [2.24, 2.45) is 0 Å². The molecule has 0 aliphatic heterocycles. The third kappa shape index (κ3) is 2.26. The lowest BCUT2D eigenvalue weighted by Gasteiger charge is -1.99. The van der Waals surface area contributed by atoms with E-state index in [0.717, 1.165) is 4.90 Å². The molecule has 0 aliphatic carbocycles. The molecule has 12 heavy (non-hydrogen) atoms. The fraction of sp³-hybridized carbons (Fsp3) is 0.222. The van der Waals surface area contributed by atoms with Gasteiger partial charge in [0.1, 0.15) is 0 Å². The van der Waals surface area contributed by atoms with E-state index in [2.05, 4.69) is 12.6 Å². The van der Waals surface area contributed by atoms with E-state index < -0.39 is 0 Å². The summed E-state index contributed by atoms with van der Waals surface area (Å²) in [4.78, 5) is 11.9. The summed E-state index contributed by atoms with van der Waals surface area (Å²) >= 11 is 9.87. The van der Waals surface area contributed by atoms with E-state index in [1.807, 2.05) is 6.92 Å². The molecular weight excluding hydrogens is 192 g/mol. The molecule has 0 atom stereocenters. The molecule has 0 aliphatic rings. The number of halogens is 1. The summed E-state index contributed by atoms with van der Waals surface area (Å²) in [7, 11) is 0. The first kappa shape index (κ1) is 9.62. The predicted molar refractivity (Wildman–Crippen MR) is 53.3 cm³/mol. The van der Waals surface area contributed by atoms with Gasteiger partial charge in [-0.3, -0.25) is 4.79 Å². The van der Waals surface area contributed by atoms with E-state index in [1.54, 1.807) is 18.2 Å². The fourth-order valence-corrected chi connectivity index (χ4v) is 1.53. The van der Waals surface area contributed by atoms with Gasteiger partial charge in [-0.25, -0.2) is 0 Å². The maximum atomic E-state index is 11.2. The number of Topliss-reactive ketones (excluding diaryl/α,β-unsaturated/α-hetero) is 1. The van der Waals surface area contributed by atoms with E-state index >= 15 is 0 Å². The van der Waals surface area contributed by atoms with Crippen LogP contribution in [0.25, 0.3) is 0 Å². The normalized spacial score (nSPS) is 9.92. The second kappa shape index (κ2) is 3.97. The molecule has 0 unspecified atom stereocenters. The van der Waals surface area contributed by atoms with Crippen LogP contribution in [-0.4, -0.2) is 5.78 Å². The summed E-state index contributed by atoms with van der Waals surface area (Å²) in [5.41, 5.74) is 0.634. The van der Waals surface area contributed by atoms with Gasteiger partial charge in [0, 0.05) is 21.9 Å². The van der Waals surface area contributed by atoms with Crippen LogP contribution in [0.4, 0.5) is 0 Å². The number of ketones is 1. The lowest BCUT2D eigenvalue weighted by Crippen LogP contribution is -1.95. The molecular formula is C9H9ClOS. The zero-order chi connectivity index (χ0) is 9.14. The van der Waals surface area contributed by atoms with Crippen LogP contribution in [-0.2, 0) is 0 Å². The van der Waals surface area contributed by atoms with E-state index in [0.29, 0.717) is 17.0 Å². The van der Waals surface area contributed by atoms with Crippen molar-refractivity contribution >= 4 is 30.0 Å². The van der Waals surface area contributed by atoms with Gasteiger partial charge in [-0.1, -0.05) is 18.5 Å². The minimum atomic E-state index is 0.0906. The average Bonchev–Trinajstić information content (AvgIpc) is 2.01. The summed E-state index contributed by atoms with van der Waals surface area (Å²) in [6, 6.07) is 5.09. The van der Waals surface area contributed by atoms with Crippen molar-refractivity contribution in [3.63, 3.8) is 0 Å². The van der Waals surface area contributed by atoms with Crippen molar-refractivity contribution in [2.45, 2.75) is 18.2 Å². The summed E-state index contributed by atoms with van der Waals surface area (Å²) in [5.74, 6) is 0.0906. The summed E-state index contributed by atoms with van der Waals surface area (Å²) in [5, 5.41) is 0.555. The fourth-order valence-electron chi connectivity index (χ4n) is 0.939. The van der Waals surface area contributed by atoms with Crippen LogP contribution in [0.5, 0.6) is 0 Å². The van der Waals surface area contributed by atoms with Gasteiger partial charge < -0.3 is 0 Å². The predicted octanol–water partition coefficient (Wildman–Crippen LogP) is 3.22. The monoisotopic (exact) mass is 200 g/mol. The molecule has 1 rings (SSSR count). The van der Waals surface area contributed by atoms with Crippen molar-refractivity contribution in [3.8, 4) is 0 Å². The molecule has 0 heterocycles. The lowest BCUT2D eigenvalue weighted by molar-refractivity contribution is 0.0988. The quantitative estimate of drug-likeness (QED) is 0.573. The molecule has 64 valence electrons. The minimum Gasteiger partial charge on any atom is -0.294 e. The second-order valence-corrected chi connectivity index (χ2v) is 3.43. The summed E-state index contributed by atoms with van der Waals surface area (Å²) < 4.78 is 0. The number of carbonyl (C=O) groups excluding carboxylic acids is 1. The first-order valence-corrected chi connectivity index (χ1v) is 4.48. The van der Waals surface area contributed by atoms with E-state index in [4.69, 9.17) is 11.6 Å². The van der Waals surface area contributed by atoms with Gasteiger partial charge in [-0.2, -0.15) is 0 Å². The zero-order valence-corrected chi connectivity index (χ0v) is 8.32. The molecule has 1 aromatic rings. The van der Waals surface area contributed by atoms with Gasteiger partial charge in [0.15, 0.2) is 5.78 Å². The van der Waals surface area contributed by atoms with Crippen molar-refractivity contribution in [1.29, 1.82) is 0 Å². The maximum absolute atomic E-state index is 11.2. The lowest BCUT2D eigenvalue weighted by atomic mass is 10.1. The highest BCUT2D eigenvalue weighted by atomic mass is 35.5. The molecule has 0 amide bonds. The first-order valence-electron chi connectivity index (χ1n) is 3.66. The van der Waals surface area contributed by atoms with Crippen molar-refractivity contribution in [3.05, 3.63) is 28.8 Å². The Morgan fingerprint density at radius 3 is 2.67 bits per heavy atom. The third-order valence-corrected chi connectivity index (χ3v) is 2.00. The van der Waals surface area contributed by atoms with E-state index in [9.17, 15) is 4.79 Å². The average molecular weight is 201 g/mol. The number of thiol groups is 1. The molecule has 0 aromatic heterocycles. The maximum Gasteiger partial charge on any atom is 0.162 e. The van der Waals surface area contributed by atoms with Crippen molar-refractivity contribution < 1.29 is 4.79 Å². The molecule has 0 saturated heterocycles. The summed E-state index contributed by atoms with van der Waals surface area (Å²) in [6.07, 6.45) is 0.494. The highest BCUT2D eigenvalue weighted by molar-refractivity contribution is 7.80. The third-order valence-electron chi connectivity index (χ3n) is 1.53. The van der Waals surface area contributed by atoms with Crippen LogP contribution >= 0.6 is 24.2 Å². The summed E-state index contributed by atoms with van der Waals surface area (Å²) in [6.45, 7) is 1.82. The van der Waals surface area contributed by atoms with Gasteiger partial charge >= 0.3 is 0 Å². The topological polar surface area (TPSA) is 17.1 Å². The number of hydrogen-bond acceptors (Lipinski definition) is 2. The molecule has 1 aromatic carbocycles. The van der Waals surface area contributed by atoms with Crippen LogP contribution in [0, 0.1) is 0 Å². The van der Waals surface area contributed by atoms with Gasteiger partial charge in [0.25, 0.3) is 0 Å². The standard InChI is InChI=1S/C9H9ClOS/c1-2-9(11)6-3-7(10)5-8(12)4-6/h3-5,12H,2H2,1H3. The number of carbonyl (C=O) groups is 1. The van der Waals surface area contributed by atoms with Crippen molar-refractivity contribution in [1.82, 2.24) is 0 Å². The van der Waals surface area contributed by atoms with Crippen molar-refractivity contribution in [2.75, 3.05) is 0 Å². The number of benzene rings is 1. The van der Waals surface area contributed by atoms with Crippen LogP contribution in [0.3, 0.4) is 0 Å². The van der Waals surface area contributed by atoms with Crippen LogP contribution in [0.2, 0.25) is 5.02 Å². The zero-order valence-electron chi connectivity index (χ0n) is 6.67. The van der Waals surface area contributed by atoms with Gasteiger partial charge in [-0.15, -0.1) is 12.6 Å². The molecule has 0 spiro atoms. The number of hydrogen-bond donors (Lipinski definition) is 1.